The second-order valence-electron chi connectivity index (χ2n) is 6.66. The molecular weight excluding hydrogens is 304 g/mol. The molecule has 0 spiro atoms. The Balaban J connectivity index is 1.70. The first-order valence-corrected chi connectivity index (χ1v) is 8.57. The molecule has 2 aromatic rings. The molecule has 2 aliphatic rings. The Labute approximate surface area is 140 Å². The van der Waals surface area contributed by atoms with Gasteiger partial charge in [0.05, 0.1) is 0 Å². The predicted octanol–water partition coefficient (Wildman–Crippen LogP) is 2.32. The topological polar surface area (TPSA) is 66.4 Å². The van der Waals surface area contributed by atoms with Crippen molar-refractivity contribution in [1.29, 1.82) is 0 Å². The van der Waals surface area contributed by atoms with Crippen LogP contribution < -0.4 is 15.5 Å². The average molecular weight is 326 g/mol. The minimum atomic E-state index is -0.327. The maximum Gasteiger partial charge on any atom is 0.328 e. The van der Waals surface area contributed by atoms with Crippen molar-refractivity contribution in [2.24, 2.45) is 0 Å². The molecular formula is C18H22N4O2. The van der Waals surface area contributed by atoms with E-state index in [9.17, 15) is 9.59 Å². The van der Waals surface area contributed by atoms with Crippen LogP contribution in [0.3, 0.4) is 0 Å². The molecule has 0 aliphatic carbocycles. The van der Waals surface area contributed by atoms with E-state index >= 15 is 0 Å². The minimum absolute atomic E-state index is 0.202. The molecule has 1 aromatic carbocycles. The van der Waals surface area contributed by atoms with Crippen molar-refractivity contribution >= 4 is 28.5 Å². The van der Waals surface area contributed by atoms with Crippen molar-refractivity contribution in [3.63, 3.8) is 0 Å². The van der Waals surface area contributed by atoms with Gasteiger partial charge in [0, 0.05) is 41.8 Å². The van der Waals surface area contributed by atoms with Crippen molar-refractivity contribution < 1.29 is 9.59 Å². The molecule has 6 heteroatoms. The lowest BCUT2D eigenvalue weighted by atomic mass is 10.1. The fourth-order valence-electron chi connectivity index (χ4n) is 3.78. The summed E-state index contributed by atoms with van der Waals surface area (Å²) in [6.07, 6.45) is 4.78. The number of rotatable bonds is 2. The Hall–Kier alpha value is -2.34. The standard InChI is InChI=1S/C18H22N4O2/c1-12-10-16-13(4-8-21(16)14-2-6-19-7-3-14)11-15(12)22-9-5-17(23)20-18(22)24/h4,8,10-11,14,19H,2-3,5-7,9H2,1H3,(H,20,23,24). The third kappa shape index (κ3) is 2.57. The molecule has 126 valence electrons. The van der Waals surface area contributed by atoms with E-state index in [1.807, 2.05) is 6.92 Å². The zero-order chi connectivity index (χ0) is 16.7. The van der Waals surface area contributed by atoms with Crippen LogP contribution in [-0.2, 0) is 4.79 Å². The number of carbonyl (C=O) groups is 2. The lowest BCUT2D eigenvalue weighted by molar-refractivity contribution is -0.120. The van der Waals surface area contributed by atoms with E-state index in [2.05, 4.69) is 39.6 Å². The van der Waals surface area contributed by atoms with E-state index in [-0.39, 0.29) is 11.9 Å². The molecule has 6 nitrogen and oxygen atoms in total. The van der Waals surface area contributed by atoms with Gasteiger partial charge in [-0.2, -0.15) is 0 Å². The summed E-state index contributed by atoms with van der Waals surface area (Å²) >= 11 is 0. The van der Waals surface area contributed by atoms with Gasteiger partial charge in [-0.3, -0.25) is 15.0 Å². The van der Waals surface area contributed by atoms with Gasteiger partial charge in [-0.15, -0.1) is 0 Å². The van der Waals surface area contributed by atoms with Crippen molar-refractivity contribution in [2.45, 2.75) is 32.2 Å². The number of imide groups is 1. The van der Waals surface area contributed by atoms with Gasteiger partial charge in [-0.1, -0.05) is 0 Å². The van der Waals surface area contributed by atoms with E-state index in [0.29, 0.717) is 19.0 Å². The summed E-state index contributed by atoms with van der Waals surface area (Å²) in [5, 5.41) is 6.94. The number of aromatic nitrogens is 1. The van der Waals surface area contributed by atoms with Crippen LogP contribution in [-0.4, -0.2) is 36.1 Å². The van der Waals surface area contributed by atoms with Crippen LogP contribution in [0.15, 0.2) is 24.4 Å². The second kappa shape index (κ2) is 5.94. The lowest BCUT2D eigenvalue weighted by Gasteiger charge is -2.28. The van der Waals surface area contributed by atoms with E-state index in [4.69, 9.17) is 0 Å². The van der Waals surface area contributed by atoms with Gasteiger partial charge in [0.25, 0.3) is 0 Å². The number of nitrogens with zero attached hydrogens (tertiary/aromatic N) is 2. The Kier molecular flexibility index (Phi) is 3.76. The minimum Gasteiger partial charge on any atom is -0.344 e. The summed E-state index contributed by atoms with van der Waals surface area (Å²) in [6.45, 7) is 4.58. The number of urea groups is 1. The Morgan fingerprint density at radius 3 is 2.71 bits per heavy atom. The molecule has 0 unspecified atom stereocenters. The number of piperidine rings is 1. The highest BCUT2D eigenvalue weighted by Gasteiger charge is 2.26. The number of hydrogen-bond acceptors (Lipinski definition) is 3. The van der Waals surface area contributed by atoms with E-state index < -0.39 is 0 Å². The molecule has 2 N–H and O–H groups in total. The number of carbonyl (C=O) groups excluding carboxylic acids is 2. The van der Waals surface area contributed by atoms with E-state index in [0.717, 1.165) is 42.6 Å². The summed E-state index contributed by atoms with van der Waals surface area (Å²) in [5.74, 6) is -0.202. The third-order valence-electron chi connectivity index (χ3n) is 5.08. The van der Waals surface area contributed by atoms with Crippen molar-refractivity contribution in [3.8, 4) is 0 Å². The highest BCUT2D eigenvalue weighted by atomic mass is 16.2. The van der Waals surface area contributed by atoms with Crippen molar-refractivity contribution in [2.75, 3.05) is 24.5 Å². The summed E-state index contributed by atoms with van der Waals surface area (Å²) in [5.41, 5.74) is 3.16. The molecule has 0 bridgehead atoms. The van der Waals surface area contributed by atoms with Crippen molar-refractivity contribution in [1.82, 2.24) is 15.2 Å². The summed E-state index contributed by atoms with van der Waals surface area (Å²) in [4.78, 5) is 25.2. The maximum absolute atomic E-state index is 12.1. The highest BCUT2D eigenvalue weighted by Crippen LogP contribution is 2.31. The number of nitrogens with one attached hydrogen (secondary N) is 2. The first kappa shape index (κ1) is 15.2. The normalized spacial score (nSPS) is 19.8. The number of amides is 3. The predicted molar refractivity (Wildman–Crippen MR) is 93.3 cm³/mol. The molecule has 3 heterocycles. The van der Waals surface area contributed by atoms with Crippen LogP contribution in [0.1, 0.15) is 30.9 Å². The molecule has 3 amide bonds. The van der Waals surface area contributed by atoms with Crippen LogP contribution in [0.4, 0.5) is 10.5 Å². The smallest absolute Gasteiger partial charge is 0.328 e. The zero-order valence-electron chi connectivity index (χ0n) is 13.8. The summed E-state index contributed by atoms with van der Waals surface area (Å²) in [6, 6.07) is 6.55. The zero-order valence-corrected chi connectivity index (χ0v) is 13.8. The van der Waals surface area contributed by atoms with Crippen LogP contribution in [0.2, 0.25) is 0 Å². The Bertz CT molecular complexity index is 805. The first-order chi connectivity index (χ1) is 11.6. The van der Waals surface area contributed by atoms with Gasteiger partial charge in [0.15, 0.2) is 0 Å². The average Bonchev–Trinajstić information content (AvgIpc) is 2.98. The monoisotopic (exact) mass is 326 g/mol. The van der Waals surface area contributed by atoms with Gasteiger partial charge in [0.2, 0.25) is 5.91 Å². The van der Waals surface area contributed by atoms with Gasteiger partial charge >= 0.3 is 6.03 Å². The van der Waals surface area contributed by atoms with Gasteiger partial charge < -0.3 is 9.88 Å². The Morgan fingerprint density at radius 1 is 1.17 bits per heavy atom. The molecule has 2 aliphatic heterocycles. The van der Waals surface area contributed by atoms with Crippen LogP contribution in [0, 0.1) is 6.92 Å². The van der Waals surface area contributed by atoms with Crippen LogP contribution in [0.25, 0.3) is 10.9 Å². The quantitative estimate of drug-likeness (QED) is 0.890. The fraction of sp³-hybridized carbons (Fsp3) is 0.444. The molecule has 1 aromatic heterocycles. The van der Waals surface area contributed by atoms with Crippen LogP contribution >= 0.6 is 0 Å². The molecule has 24 heavy (non-hydrogen) atoms. The molecule has 0 atom stereocenters. The number of hydrogen-bond donors (Lipinski definition) is 2. The summed E-state index contributed by atoms with van der Waals surface area (Å²) in [7, 11) is 0. The first-order valence-electron chi connectivity index (χ1n) is 8.57. The Morgan fingerprint density at radius 2 is 1.96 bits per heavy atom. The largest absolute Gasteiger partial charge is 0.344 e. The fourth-order valence-corrected chi connectivity index (χ4v) is 3.78. The third-order valence-corrected chi connectivity index (χ3v) is 5.08. The number of anilines is 1. The number of benzene rings is 1. The number of aryl methyl sites for hydroxylation is 1. The van der Waals surface area contributed by atoms with Gasteiger partial charge in [-0.05, 0) is 56.6 Å². The second-order valence-corrected chi connectivity index (χ2v) is 6.66. The van der Waals surface area contributed by atoms with Gasteiger partial charge in [0.1, 0.15) is 0 Å². The van der Waals surface area contributed by atoms with Gasteiger partial charge in [-0.25, -0.2) is 4.79 Å². The van der Waals surface area contributed by atoms with E-state index in [1.165, 1.54) is 5.52 Å². The molecule has 2 fully saturated rings. The molecule has 0 saturated carbocycles. The molecule has 0 radical (unpaired) electrons. The number of fused-ring (bicyclic) bond motifs is 1. The molecule has 2 saturated heterocycles. The highest BCUT2D eigenvalue weighted by molar-refractivity contribution is 6.06. The molecule has 4 rings (SSSR count). The summed E-state index contributed by atoms with van der Waals surface area (Å²) < 4.78 is 2.37. The maximum atomic E-state index is 12.1. The van der Waals surface area contributed by atoms with Crippen LogP contribution in [0.5, 0.6) is 0 Å². The van der Waals surface area contributed by atoms with E-state index in [1.54, 1.807) is 4.90 Å². The van der Waals surface area contributed by atoms with Crippen molar-refractivity contribution in [3.05, 3.63) is 30.0 Å². The lowest BCUT2D eigenvalue weighted by Crippen LogP contribution is -2.49. The SMILES string of the molecule is Cc1cc2c(ccn2C2CCNCC2)cc1N1CCC(=O)NC1=O.